The summed E-state index contributed by atoms with van der Waals surface area (Å²) >= 11 is 0. The monoisotopic (exact) mass is 360 g/mol. The van der Waals surface area contributed by atoms with Crippen LogP contribution in [0.25, 0.3) is 0 Å². The van der Waals surface area contributed by atoms with Gasteiger partial charge in [0.15, 0.2) is 5.78 Å². The molecule has 0 aliphatic rings. The quantitative estimate of drug-likeness (QED) is 0.453. The summed E-state index contributed by atoms with van der Waals surface area (Å²) < 4.78 is 10.2. The molecule has 1 aromatic rings. The van der Waals surface area contributed by atoms with Crippen molar-refractivity contribution in [1.82, 2.24) is 0 Å². The maximum Gasteiger partial charge on any atom is 0.337 e. The van der Waals surface area contributed by atoms with E-state index in [4.69, 9.17) is 9.47 Å². The molecule has 0 saturated heterocycles. The molecule has 1 unspecified atom stereocenters. The molecule has 26 heavy (non-hydrogen) atoms. The third kappa shape index (κ3) is 6.20. The molecule has 0 spiro atoms. The summed E-state index contributed by atoms with van der Waals surface area (Å²) in [6, 6.07) is 4.46. The minimum absolute atomic E-state index is 0.137. The molecule has 1 aromatic carbocycles. The van der Waals surface area contributed by atoms with E-state index in [9.17, 15) is 19.5 Å². The van der Waals surface area contributed by atoms with Crippen molar-refractivity contribution in [3.05, 3.63) is 52.6 Å². The van der Waals surface area contributed by atoms with Gasteiger partial charge in [-0.05, 0) is 51.5 Å². The SMILES string of the molecule is CC=C(COC(C)=O)C(=O)OC(C)c1ccc(O)c(C(=O)C=C(C)C)c1. The van der Waals surface area contributed by atoms with Gasteiger partial charge in [0.1, 0.15) is 18.5 Å². The third-order valence-corrected chi connectivity index (χ3v) is 3.50. The smallest absolute Gasteiger partial charge is 0.337 e. The highest BCUT2D eigenvalue weighted by Gasteiger charge is 2.19. The van der Waals surface area contributed by atoms with Crippen LogP contribution in [0, 0.1) is 0 Å². The second-order valence-electron chi connectivity index (χ2n) is 6.00. The first kappa shape index (κ1) is 21.2. The second-order valence-corrected chi connectivity index (χ2v) is 6.00. The number of phenols is 1. The number of ether oxygens (including phenoxy) is 2. The topological polar surface area (TPSA) is 89.9 Å². The zero-order chi connectivity index (χ0) is 19.9. The lowest BCUT2D eigenvalue weighted by Gasteiger charge is -2.16. The number of hydrogen-bond acceptors (Lipinski definition) is 6. The van der Waals surface area contributed by atoms with Gasteiger partial charge in [-0.15, -0.1) is 0 Å². The molecule has 0 fully saturated rings. The van der Waals surface area contributed by atoms with E-state index in [1.807, 2.05) is 0 Å². The van der Waals surface area contributed by atoms with Crippen molar-refractivity contribution in [2.75, 3.05) is 6.61 Å². The van der Waals surface area contributed by atoms with Crippen LogP contribution < -0.4 is 0 Å². The van der Waals surface area contributed by atoms with E-state index < -0.39 is 18.0 Å². The van der Waals surface area contributed by atoms with Crippen LogP contribution in [-0.4, -0.2) is 29.4 Å². The number of rotatable bonds is 7. The molecule has 1 atom stereocenters. The molecule has 0 heterocycles. The lowest BCUT2D eigenvalue weighted by atomic mass is 10.0. The van der Waals surface area contributed by atoms with Crippen LogP contribution in [-0.2, 0) is 19.1 Å². The molecular weight excluding hydrogens is 336 g/mol. The van der Waals surface area contributed by atoms with Crippen LogP contribution in [0.4, 0.5) is 0 Å². The summed E-state index contributed by atoms with van der Waals surface area (Å²) in [4.78, 5) is 35.2. The first-order valence-electron chi connectivity index (χ1n) is 8.17. The highest BCUT2D eigenvalue weighted by atomic mass is 16.6. The largest absolute Gasteiger partial charge is 0.507 e. The summed E-state index contributed by atoms with van der Waals surface area (Å²) in [7, 11) is 0. The summed E-state index contributed by atoms with van der Waals surface area (Å²) in [6.07, 6.45) is 2.28. The Balaban J connectivity index is 2.95. The van der Waals surface area contributed by atoms with Crippen molar-refractivity contribution in [1.29, 1.82) is 0 Å². The zero-order valence-corrected chi connectivity index (χ0v) is 15.7. The highest BCUT2D eigenvalue weighted by molar-refractivity contribution is 6.06. The van der Waals surface area contributed by atoms with E-state index in [0.29, 0.717) is 5.56 Å². The van der Waals surface area contributed by atoms with Crippen LogP contribution in [0.5, 0.6) is 5.75 Å². The van der Waals surface area contributed by atoms with Crippen LogP contribution in [0.3, 0.4) is 0 Å². The summed E-state index contributed by atoms with van der Waals surface area (Å²) in [5, 5.41) is 9.91. The van der Waals surface area contributed by atoms with E-state index in [1.54, 1.807) is 33.8 Å². The Labute approximate surface area is 153 Å². The highest BCUT2D eigenvalue weighted by Crippen LogP contribution is 2.26. The molecule has 1 rings (SSSR count). The van der Waals surface area contributed by atoms with Crippen molar-refractivity contribution in [3.63, 3.8) is 0 Å². The Kier molecular flexibility index (Phi) is 7.77. The van der Waals surface area contributed by atoms with E-state index in [0.717, 1.165) is 5.57 Å². The summed E-state index contributed by atoms with van der Waals surface area (Å²) in [5.74, 6) is -1.58. The van der Waals surface area contributed by atoms with Crippen molar-refractivity contribution in [2.24, 2.45) is 0 Å². The maximum absolute atomic E-state index is 12.2. The van der Waals surface area contributed by atoms with Crippen molar-refractivity contribution in [2.45, 2.75) is 40.7 Å². The van der Waals surface area contributed by atoms with E-state index in [1.165, 1.54) is 31.2 Å². The molecule has 1 N–H and O–H groups in total. The minimum atomic E-state index is -0.659. The van der Waals surface area contributed by atoms with E-state index in [-0.39, 0.29) is 29.3 Å². The normalized spacial score (nSPS) is 12.1. The number of esters is 2. The predicted molar refractivity (Wildman–Crippen MR) is 96.8 cm³/mol. The van der Waals surface area contributed by atoms with Crippen LogP contribution >= 0.6 is 0 Å². The molecule has 0 bridgehead atoms. The average Bonchev–Trinajstić information content (AvgIpc) is 2.54. The van der Waals surface area contributed by atoms with Gasteiger partial charge in [0.25, 0.3) is 0 Å². The molecule has 0 amide bonds. The number of carbonyl (C=O) groups excluding carboxylic acids is 3. The predicted octanol–water partition coefficient (Wildman–Crippen LogP) is 3.65. The second kappa shape index (κ2) is 9.56. The van der Waals surface area contributed by atoms with Crippen molar-refractivity contribution < 1.29 is 29.0 Å². The molecule has 6 nitrogen and oxygen atoms in total. The fourth-order valence-corrected chi connectivity index (χ4v) is 2.09. The number of ketones is 1. The minimum Gasteiger partial charge on any atom is -0.507 e. The van der Waals surface area contributed by atoms with Crippen LogP contribution in [0.2, 0.25) is 0 Å². The zero-order valence-electron chi connectivity index (χ0n) is 15.7. The number of allylic oxidation sites excluding steroid dienone is 3. The van der Waals surface area contributed by atoms with Gasteiger partial charge in [0.05, 0.1) is 11.1 Å². The fourth-order valence-electron chi connectivity index (χ4n) is 2.09. The maximum atomic E-state index is 12.2. The average molecular weight is 360 g/mol. The van der Waals surface area contributed by atoms with Gasteiger partial charge in [-0.25, -0.2) is 4.79 Å². The van der Waals surface area contributed by atoms with Gasteiger partial charge in [0, 0.05) is 6.92 Å². The number of hydrogen-bond donors (Lipinski definition) is 1. The lowest BCUT2D eigenvalue weighted by Crippen LogP contribution is -2.16. The van der Waals surface area contributed by atoms with E-state index >= 15 is 0 Å². The van der Waals surface area contributed by atoms with Crippen LogP contribution in [0.1, 0.15) is 56.6 Å². The summed E-state index contributed by atoms with van der Waals surface area (Å²) in [5.41, 5.74) is 1.72. The number of carbonyl (C=O) groups is 3. The Morgan fingerprint density at radius 3 is 2.38 bits per heavy atom. The van der Waals surface area contributed by atoms with Gasteiger partial charge in [-0.2, -0.15) is 0 Å². The van der Waals surface area contributed by atoms with Crippen LogP contribution in [0.15, 0.2) is 41.5 Å². The Morgan fingerprint density at radius 1 is 1.19 bits per heavy atom. The van der Waals surface area contributed by atoms with Gasteiger partial charge in [0.2, 0.25) is 0 Å². The molecule has 0 aromatic heterocycles. The Bertz CT molecular complexity index is 754. The number of aromatic hydroxyl groups is 1. The molecule has 0 aliphatic heterocycles. The summed E-state index contributed by atoms with van der Waals surface area (Å²) in [6.45, 7) is 7.94. The van der Waals surface area contributed by atoms with E-state index in [2.05, 4.69) is 0 Å². The van der Waals surface area contributed by atoms with Gasteiger partial charge < -0.3 is 14.6 Å². The Hall–Kier alpha value is -2.89. The first-order chi connectivity index (χ1) is 12.1. The van der Waals surface area contributed by atoms with Crippen molar-refractivity contribution in [3.8, 4) is 5.75 Å². The van der Waals surface area contributed by atoms with Gasteiger partial charge >= 0.3 is 11.9 Å². The third-order valence-electron chi connectivity index (χ3n) is 3.50. The molecule has 0 radical (unpaired) electrons. The molecule has 0 saturated carbocycles. The van der Waals surface area contributed by atoms with Gasteiger partial charge in [-0.1, -0.05) is 17.7 Å². The number of phenolic OH excluding ortho intramolecular Hbond substituents is 1. The molecule has 140 valence electrons. The first-order valence-corrected chi connectivity index (χ1v) is 8.17. The number of benzene rings is 1. The Morgan fingerprint density at radius 2 is 1.85 bits per heavy atom. The standard InChI is InChI=1S/C20H24O6/c1-6-15(11-25-14(5)21)20(24)26-13(4)16-7-8-18(22)17(10-16)19(23)9-12(2)3/h6-10,13,22H,11H2,1-5H3. The fraction of sp³-hybridized carbons (Fsp3) is 0.350. The van der Waals surface area contributed by atoms with Crippen molar-refractivity contribution >= 4 is 17.7 Å². The lowest BCUT2D eigenvalue weighted by molar-refractivity contribution is -0.146. The molecular formula is C20H24O6. The van der Waals surface area contributed by atoms with Gasteiger partial charge in [-0.3, -0.25) is 9.59 Å². The molecule has 6 heteroatoms. The molecule has 0 aliphatic carbocycles.